The van der Waals surface area contributed by atoms with E-state index in [0.717, 1.165) is 51.7 Å². The summed E-state index contributed by atoms with van der Waals surface area (Å²) in [6.07, 6.45) is 10.7. The van der Waals surface area contributed by atoms with Crippen LogP contribution in [-0.2, 0) is 11.3 Å². The second-order valence-electron chi connectivity index (χ2n) is 6.66. The molecule has 3 rings (SSSR count). The Hall–Kier alpha value is -1.29. The summed E-state index contributed by atoms with van der Waals surface area (Å²) in [5.41, 5.74) is -0.486. The van der Waals surface area contributed by atoms with Gasteiger partial charge in [-0.1, -0.05) is 12.8 Å². The Morgan fingerprint density at radius 3 is 2.86 bits per heavy atom. The fraction of sp³-hybridized carbons (Fsp3) is 0.706. The van der Waals surface area contributed by atoms with Gasteiger partial charge in [0.2, 0.25) is 5.91 Å². The maximum absolute atomic E-state index is 12.3. The van der Waals surface area contributed by atoms with Crippen LogP contribution in [0, 0.1) is 5.92 Å². The highest BCUT2D eigenvalue weighted by Crippen LogP contribution is 2.39. The van der Waals surface area contributed by atoms with Crippen LogP contribution < -0.4 is 0 Å². The third kappa shape index (κ3) is 3.31. The molecule has 116 valence electrons. The molecule has 2 fully saturated rings. The Kier molecular flexibility index (Phi) is 4.34. The molecule has 1 saturated heterocycles. The van der Waals surface area contributed by atoms with E-state index in [9.17, 15) is 9.90 Å². The third-order valence-corrected chi connectivity index (χ3v) is 5.25. The molecule has 0 radical (unpaired) electrons. The number of hydrogen-bond donors (Lipinski definition) is 1. The van der Waals surface area contributed by atoms with Crippen LogP contribution in [0.2, 0.25) is 0 Å². The van der Waals surface area contributed by atoms with E-state index in [2.05, 4.69) is 4.57 Å². The Bertz CT molecular complexity index is 471. The molecule has 1 N–H and O–H groups in total. The van der Waals surface area contributed by atoms with Gasteiger partial charge in [0.25, 0.3) is 0 Å². The molecule has 0 spiro atoms. The molecule has 4 nitrogen and oxygen atoms in total. The summed E-state index contributed by atoms with van der Waals surface area (Å²) in [6, 6.07) is 4.02. The van der Waals surface area contributed by atoms with Gasteiger partial charge >= 0.3 is 0 Å². The van der Waals surface area contributed by atoms with E-state index in [4.69, 9.17) is 0 Å². The average molecular weight is 290 g/mol. The summed E-state index contributed by atoms with van der Waals surface area (Å²) in [7, 11) is 0. The smallest absolute Gasteiger partial charge is 0.222 e. The molecule has 0 aromatic carbocycles. The molecule has 1 aromatic heterocycles. The number of nitrogens with zero attached hydrogens (tertiary/aromatic N) is 2. The van der Waals surface area contributed by atoms with Crippen molar-refractivity contribution in [2.24, 2.45) is 5.92 Å². The Labute approximate surface area is 126 Å². The number of aromatic nitrogens is 1. The van der Waals surface area contributed by atoms with Gasteiger partial charge in [0.15, 0.2) is 0 Å². The number of aliphatic hydroxyl groups is 1. The van der Waals surface area contributed by atoms with Crippen molar-refractivity contribution >= 4 is 5.91 Å². The summed E-state index contributed by atoms with van der Waals surface area (Å²) >= 11 is 0. The average Bonchev–Trinajstić information content (AvgIpc) is 2.99. The number of carbonyl (C=O) groups is 1. The number of likely N-dealkylation sites (tertiary alicyclic amines) is 1. The van der Waals surface area contributed by atoms with Crippen LogP contribution in [0.15, 0.2) is 24.5 Å². The van der Waals surface area contributed by atoms with Crippen molar-refractivity contribution in [1.82, 2.24) is 9.47 Å². The molecule has 1 saturated carbocycles. The van der Waals surface area contributed by atoms with E-state index >= 15 is 0 Å². The van der Waals surface area contributed by atoms with Crippen molar-refractivity contribution in [1.29, 1.82) is 0 Å². The van der Waals surface area contributed by atoms with Gasteiger partial charge in [0.1, 0.15) is 0 Å². The zero-order valence-electron chi connectivity index (χ0n) is 12.7. The van der Waals surface area contributed by atoms with Crippen molar-refractivity contribution in [2.75, 3.05) is 13.1 Å². The van der Waals surface area contributed by atoms with E-state index in [1.807, 2.05) is 29.4 Å². The van der Waals surface area contributed by atoms with Gasteiger partial charge in [-0.3, -0.25) is 4.79 Å². The minimum absolute atomic E-state index is 0.259. The predicted molar refractivity (Wildman–Crippen MR) is 81.8 cm³/mol. The number of hydrogen-bond acceptors (Lipinski definition) is 2. The number of rotatable bonds is 4. The second-order valence-corrected chi connectivity index (χ2v) is 6.66. The van der Waals surface area contributed by atoms with Gasteiger partial charge in [0, 0.05) is 44.4 Å². The minimum atomic E-state index is -0.486. The topological polar surface area (TPSA) is 45.5 Å². The maximum Gasteiger partial charge on any atom is 0.222 e. The normalized spacial score (nSPS) is 29.2. The number of piperidine rings is 1. The number of amides is 1. The highest BCUT2D eigenvalue weighted by atomic mass is 16.3. The summed E-state index contributed by atoms with van der Waals surface area (Å²) < 4.78 is 2.11. The number of carbonyl (C=O) groups excluding carboxylic acids is 1. The van der Waals surface area contributed by atoms with Gasteiger partial charge in [0.05, 0.1) is 5.60 Å². The fourth-order valence-electron chi connectivity index (χ4n) is 3.89. The summed E-state index contributed by atoms with van der Waals surface area (Å²) in [4.78, 5) is 14.3. The molecule has 1 amide bonds. The van der Waals surface area contributed by atoms with Gasteiger partial charge in [-0.25, -0.2) is 0 Å². The molecule has 1 aromatic rings. The maximum atomic E-state index is 12.3. The zero-order valence-corrected chi connectivity index (χ0v) is 12.7. The molecular formula is C17H26N2O2. The summed E-state index contributed by atoms with van der Waals surface area (Å²) in [6.45, 7) is 2.40. The molecule has 2 aliphatic rings. The van der Waals surface area contributed by atoms with Crippen LogP contribution in [0.5, 0.6) is 0 Å². The molecule has 21 heavy (non-hydrogen) atoms. The Morgan fingerprint density at radius 1 is 1.24 bits per heavy atom. The molecule has 0 bridgehead atoms. The number of fused-ring (bicyclic) bond motifs is 1. The first-order valence-corrected chi connectivity index (χ1v) is 8.28. The lowest BCUT2D eigenvalue weighted by molar-refractivity contribution is -0.143. The largest absolute Gasteiger partial charge is 0.389 e. The van der Waals surface area contributed by atoms with E-state index < -0.39 is 5.60 Å². The van der Waals surface area contributed by atoms with E-state index in [-0.39, 0.29) is 5.91 Å². The van der Waals surface area contributed by atoms with Crippen LogP contribution in [0.1, 0.15) is 44.9 Å². The third-order valence-electron chi connectivity index (χ3n) is 5.25. The first kappa shape index (κ1) is 14.6. The van der Waals surface area contributed by atoms with Gasteiger partial charge in [-0.15, -0.1) is 0 Å². The number of aryl methyl sites for hydroxylation is 1. The van der Waals surface area contributed by atoms with Crippen LogP contribution in [-0.4, -0.2) is 39.2 Å². The first-order valence-electron chi connectivity index (χ1n) is 8.28. The SMILES string of the molecule is O=C(CCCn1cccc1)N1CC[C@@]2(O)CCCC[C@H]2C1. The molecule has 0 unspecified atom stereocenters. The van der Waals surface area contributed by atoms with Crippen molar-refractivity contribution in [2.45, 2.75) is 57.1 Å². The van der Waals surface area contributed by atoms with Crippen LogP contribution in [0.25, 0.3) is 0 Å². The zero-order chi connectivity index (χ0) is 14.7. The Morgan fingerprint density at radius 2 is 2.05 bits per heavy atom. The molecular weight excluding hydrogens is 264 g/mol. The fourth-order valence-corrected chi connectivity index (χ4v) is 3.89. The van der Waals surface area contributed by atoms with Gasteiger partial charge in [-0.05, 0) is 37.8 Å². The van der Waals surface area contributed by atoms with Crippen molar-refractivity contribution < 1.29 is 9.90 Å². The lowest BCUT2D eigenvalue weighted by atomic mass is 9.71. The van der Waals surface area contributed by atoms with Gasteiger partial charge in [-0.2, -0.15) is 0 Å². The minimum Gasteiger partial charge on any atom is -0.389 e. The lowest BCUT2D eigenvalue weighted by Crippen LogP contribution is -2.54. The lowest BCUT2D eigenvalue weighted by Gasteiger charge is -2.47. The molecule has 2 atom stereocenters. The second kappa shape index (κ2) is 6.22. The molecule has 1 aliphatic heterocycles. The Balaban J connectivity index is 1.47. The summed E-state index contributed by atoms with van der Waals surface area (Å²) in [5.74, 6) is 0.558. The highest BCUT2D eigenvalue weighted by molar-refractivity contribution is 5.76. The predicted octanol–water partition coefficient (Wildman–Crippen LogP) is 2.42. The van der Waals surface area contributed by atoms with E-state index in [0.29, 0.717) is 12.3 Å². The van der Waals surface area contributed by atoms with Crippen molar-refractivity contribution in [3.8, 4) is 0 Å². The highest BCUT2D eigenvalue weighted by Gasteiger charge is 2.43. The van der Waals surface area contributed by atoms with Crippen LogP contribution in [0.4, 0.5) is 0 Å². The molecule has 2 heterocycles. The van der Waals surface area contributed by atoms with Crippen molar-refractivity contribution in [3.63, 3.8) is 0 Å². The van der Waals surface area contributed by atoms with E-state index in [1.165, 1.54) is 6.42 Å². The van der Waals surface area contributed by atoms with Crippen LogP contribution >= 0.6 is 0 Å². The van der Waals surface area contributed by atoms with Crippen molar-refractivity contribution in [3.05, 3.63) is 24.5 Å². The van der Waals surface area contributed by atoms with Crippen LogP contribution in [0.3, 0.4) is 0 Å². The standard InChI is InChI=1S/C17H26N2O2/c20-16(7-5-12-18-10-3-4-11-18)19-13-9-17(21)8-2-1-6-15(17)14-19/h3-4,10-11,15,21H,1-2,5-9,12-14H2/t15-,17-/m0/s1. The first-order chi connectivity index (χ1) is 10.2. The monoisotopic (exact) mass is 290 g/mol. The quantitative estimate of drug-likeness (QED) is 0.925. The molecule has 1 aliphatic carbocycles. The summed E-state index contributed by atoms with van der Waals surface area (Å²) in [5, 5.41) is 10.7. The van der Waals surface area contributed by atoms with E-state index in [1.54, 1.807) is 0 Å². The molecule has 4 heteroatoms. The van der Waals surface area contributed by atoms with Gasteiger partial charge < -0.3 is 14.6 Å².